The van der Waals surface area contributed by atoms with E-state index >= 15 is 0 Å². The summed E-state index contributed by atoms with van der Waals surface area (Å²) in [5, 5.41) is 6.32. The number of H-pyrrole nitrogens is 1. The molecule has 0 aromatic carbocycles. The molecule has 0 unspecified atom stereocenters. The Kier molecular flexibility index (Phi) is 8.98. The average molecular weight is 489 g/mol. The molecule has 0 spiro atoms. The minimum atomic E-state index is -4.46. The highest BCUT2D eigenvalue weighted by atomic mass is 32.1. The number of aryl methyl sites for hydroxylation is 3. The second-order valence-corrected chi connectivity index (χ2v) is 8.44. The normalized spacial score (nSPS) is 20.4. The molecule has 2 heterocycles. The summed E-state index contributed by atoms with van der Waals surface area (Å²) in [7, 11) is 0. The number of hydrogen-bond acceptors (Lipinski definition) is 3. The van der Waals surface area contributed by atoms with E-state index < -0.39 is 11.9 Å². The number of carbonyl (C=O) groups is 1. The average Bonchev–Trinajstić information content (AvgIpc) is 3.13. The number of aromatic nitrogens is 2. The molecule has 32 heavy (non-hydrogen) atoms. The van der Waals surface area contributed by atoms with Crippen LogP contribution < -0.4 is 10.6 Å². The van der Waals surface area contributed by atoms with Gasteiger partial charge >= 0.3 is 6.18 Å². The van der Waals surface area contributed by atoms with Crippen LogP contribution in [0.3, 0.4) is 0 Å². The number of halogens is 3. The standard InChI is InChI=1S/C22H27F3N4O.2H2S/c1-13-10-17(12-20(26-13)22(23,24)25)27-15-6-8-16(9-7-15)28-21(30)19-11-14-4-2-3-5-18(14)29-19;;/h10-12,15-16,29H,2-9H2,1H3,(H,26,27)(H,28,30);2*1H2. The molecular weight excluding hydrogens is 457 g/mol. The number of fused-ring (bicyclic) bond motifs is 1. The molecule has 4 rings (SSSR count). The maximum Gasteiger partial charge on any atom is 0.433 e. The fourth-order valence-electron chi connectivity index (χ4n) is 4.50. The molecule has 5 nitrogen and oxygen atoms in total. The van der Waals surface area contributed by atoms with Gasteiger partial charge in [-0.25, -0.2) is 4.98 Å². The van der Waals surface area contributed by atoms with Gasteiger partial charge in [-0.2, -0.15) is 40.2 Å². The number of carbonyl (C=O) groups excluding carboxylic acids is 1. The van der Waals surface area contributed by atoms with E-state index in [-0.39, 0.29) is 45.0 Å². The Morgan fingerprint density at radius 3 is 2.34 bits per heavy atom. The second kappa shape index (κ2) is 10.9. The summed E-state index contributed by atoms with van der Waals surface area (Å²) < 4.78 is 38.9. The number of aromatic amines is 1. The molecule has 2 aromatic rings. The van der Waals surface area contributed by atoms with Crippen LogP contribution in [-0.2, 0) is 19.0 Å². The van der Waals surface area contributed by atoms with Gasteiger partial charge in [0.2, 0.25) is 0 Å². The van der Waals surface area contributed by atoms with Gasteiger partial charge in [0.15, 0.2) is 0 Å². The SMILES string of the molecule is Cc1cc(NC2CCC(NC(=O)c3cc4c([nH]3)CCCC4)CC2)cc(C(F)(F)F)n1.S.S. The van der Waals surface area contributed by atoms with E-state index in [1.54, 1.807) is 13.0 Å². The van der Waals surface area contributed by atoms with Crippen LogP contribution in [0.1, 0.15) is 71.7 Å². The van der Waals surface area contributed by atoms with E-state index in [1.165, 1.54) is 17.7 Å². The Bertz CT molecular complexity index is 901. The first-order valence-electron chi connectivity index (χ1n) is 10.6. The van der Waals surface area contributed by atoms with Crippen molar-refractivity contribution < 1.29 is 18.0 Å². The number of anilines is 1. The van der Waals surface area contributed by atoms with Crippen molar-refractivity contribution in [1.29, 1.82) is 0 Å². The van der Waals surface area contributed by atoms with Crippen LogP contribution in [0.25, 0.3) is 0 Å². The molecule has 1 saturated carbocycles. The lowest BCUT2D eigenvalue weighted by molar-refractivity contribution is -0.141. The number of pyridine rings is 1. The summed E-state index contributed by atoms with van der Waals surface area (Å²) in [6.07, 6.45) is 3.06. The summed E-state index contributed by atoms with van der Waals surface area (Å²) in [6, 6.07) is 4.84. The maximum absolute atomic E-state index is 13.0. The molecule has 178 valence electrons. The van der Waals surface area contributed by atoms with Crippen LogP contribution >= 0.6 is 27.0 Å². The first-order chi connectivity index (χ1) is 14.3. The molecule has 0 aliphatic heterocycles. The van der Waals surface area contributed by atoms with Gasteiger partial charge in [-0.15, -0.1) is 0 Å². The zero-order valence-electron chi connectivity index (χ0n) is 18.0. The zero-order valence-corrected chi connectivity index (χ0v) is 20.0. The van der Waals surface area contributed by atoms with Crippen molar-refractivity contribution >= 4 is 38.6 Å². The molecule has 0 atom stereocenters. The van der Waals surface area contributed by atoms with E-state index in [2.05, 4.69) is 20.6 Å². The lowest BCUT2D eigenvalue weighted by atomic mass is 9.91. The number of alkyl halides is 3. The Morgan fingerprint density at radius 1 is 1.03 bits per heavy atom. The molecule has 0 saturated heterocycles. The first kappa shape index (κ1) is 26.4. The monoisotopic (exact) mass is 488 g/mol. The minimum absolute atomic E-state index is 0. The Hall–Kier alpha value is -1.81. The third-order valence-corrected chi connectivity index (χ3v) is 6.04. The van der Waals surface area contributed by atoms with Crippen LogP contribution in [0.5, 0.6) is 0 Å². The highest BCUT2D eigenvalue weighted by Crippen LogP contribution is 2.31. The fourth-order valence-corrected chi connectivity index (χ4v) is 4.50. The van der Waals surface area contributed by atoms with Crippen molar-refractivity contribution in [2.24, 2.45) is 0 Å². The van der Waals surface area contributed by atoms with Gasteiger partial charge in [-0.3, -0.25) is 4.79 Å². The van der Waals surface area contributed by atoms with E-state index in [4.69, 9.17) is 0 Å². The number of rotatable bonds is 4. The Morgan fingerprint density at radius 2 is 1.69 bits per heavy atom. The van der Waals surface area contributed by atoms with Gasteiger partial charge in [0.1, 0.15) is 11.4 Å². The topological polar surface area (TPSA) is 69.8 Å². The van der Waals surface area contributed by atoms with Gasteiger partial charge in [0, 0.05) is 29.2 Å². The molecule has 10 heteroatoms. The molecule has 0 radical (unpaired) electrons. The van der Waals surface area contributed by atoms with Gasteiger partial charge in [0.25, 0.3) is 5.91 Å². The van der Waals surface area contributed by atoms with Crippen molar-refractivity contribution in [3.8, 4) is 0 Å². The first-order valence-corrected chi connectivity index (χ1v) is 10.6. The van der Waals surface area contributed by atoms with Gasteiger partial charge in [-0.05, 0) is 82.1 Å². The van der Waals surface area contributed by atoms with Crippen LogP contribution in [-0.4, -0.2) is 28.0 Å². The van der Waals surface area contributed by atoms with Crippen molar-refractivity contribution in [2.45, 2.75) is 76.6 Å². The van der Waals surface area contributed by atoms with Crippen molar-refractivity contribution in [1.82, 2.24) is 15.3 Å². The van der Waals surface area contributed by atoms with Crippen LogP contribution in [0, 0.1) is 6.92 Å². The molecular formula is C22H31F3N4OS2. The summed E-state index contributed by atoms with van der Waals surface area (Å²) in [5.74, 6) is -0.0691. The van der Waals surface area contributed by atoms with E-state index in [0.717, 1.165) is 51.0 Å². The van der Waals surface area contributed by atoms with Gasteiger partial charge in [-0.1, -0.05) is 0 Å². The Labute approximate surface area is 200 Å². The molecule has 2 aromatic heterocycles. The summed E-state index contributed by atoms with van der Waals surface area (Å²) in [5.41, 5.74) is 2.98. The predicted molar refractivity (Wildman–Crippen MR) is 129 cm³/mol. The predicted octanol–water partition coefficient (Wildman–Crippen LogP) is 4.99. The van der Waals surface area contributed by atoms with Gasteiger partial charge in [0.05, 0.1) is 0 Å². The number of nitrogens with one attached hydrogen (secondary N) is 3. The fraction of sp³-hybridized carbons (Fsp3) is 0.545. The van der Waals surface area contributed by atoms with E-state index in [0.29, 0.717) is 17.1 Å². The summed E-state index contributed by atoms with van der Waals surface area (Å²) in [4.78, 5) is 19.4. The van der Waals surface area contributed by atoms with E-state index in [9.17, 15) is 18.0 Å². The molecule has 1 fully saturated rings. The van der Waals surface area contributed by atoms with Crippen LogP contribution in [0.2, 0.25) is 0 Å². The second-order valence-electron chi connectivity index (χ2n) is 8.44. The van der Waals surface area contributed by atoms with Crippen molar-refractivity contribution in [3.05, 3.63) is 46.5 Å². The van der Waals surface area contributed by atoms with Crippen molar-refractivity contribution in [3.63, 3.8) is 0 Å². The molecule has 2 aliphatic rings. The van der Waals surface area contributed by atoms with Gasteiger partial charge < -0.3 is 15.6 Å². The largest absolute Gasteiger partial charge is 0.433 e. The quantitative estimate of drug-likeness (QED) is 0.568. The number of amides is 1. The van der Waals surface area contributed by atoms with Crippen LogP contribution in [0.15, 0.2) is 18.2 Å². The summed E-state index contributed by atoms with van der Waals surface area (Å²) >= 11 is 0. The lowest BCUT2D eigenvalue weighted by Crippen LogP contribution is -2.40. The summed E-state index contributed by atoms with van der Waals surface area (Å²) in [6.45, 7) is 1.56. The Balaban J connectivity index is 0.00000181. The molecule has 0 bridgehead atoms. The number of nitrogens with zero attached hydrogens (tertiary/aromatic N) is 1. The molecule has 2 aliphatic carbocycles. The smallest absolute Gasteiger partial charge is 0.382 e. The molecule has 3 N–H and O–H groups in total. The molecule has 1 amide bonds. The third kappa shape index (κ3) is 6.37. The minimum Gasteiger partial charge on any atom is -0.382 e. The number of hydrogen-bond donors (Lipinski definition) is 3. The highest BCUT2D eigenvalue weighted by Gasteiger charge is 2.33. The third-order valence-electron chi connectivity index (χ3n) is 6.04. The highest BCUT2D eigenvalue weighted by molar-refractivity contribution is 7.59. The zero-order chi connectivity index (χ0) is 21.3. The lowest BCUT2D eigenvalue weighted by Gasteiger charge is -2.30. The maximum atomic E-state index is 13.0. The van der Waals surface area contributed by atoms with Crippen LogP contribution in [0.4, 0.5) is 18.9 Å². The van der Waals surface area contributed by atoms with Crippen molar-refractivity contribution in [2.75, 3.05) is 5.32 Å². The van der Waals surface area contributed by atoms with E-state index in [1.807, 2.05) is 6.07 Å².